The topological polar surface area (TPSA) is 83.7 Å². The number of benzene rings is 1. The Morgan fingerprint density at radius 3 is 2.38 bits per heavy atom. The molecule has 124 valence electrons. The zero-order valence-electron chi connectivity index (χ0n) is 13.2. The van der Waals surface area contributed by atoms with Crippen molar-refractivity contribution in [3.63, 3.8) is 0 Å². The number of rotatable bonds is 6. The minimum absolute atomic E-state index is 0.104. The van der Waals surface area contributed by atoms with Gasteiger partial charge in [0.25, 0.3) is 11.7 Å². The van der Waals surface area contributed by atoms with Gasteiger partial charge in [0.2, 0.25) is 11.6 Å². The smallest absolute Gasteiger partial charge is 0.299 e. The van der Waals surface area contributed by atoms with Crippen LogP contribution in [0.15, 0.2) is 34.2 Å². The molecule has 2 aromatic heterocycles. The Bertz CT molecular complexity index is 832. The number of ketones is 1. The van der Waals surface area contributed by atoms with Gasteiger partial charge in [0.05, 0.1) is 26.2 Å². The maximum Gasteiger partial charge on any atom is 0.299 e. The third-order valence-corrected chi connectivity index (χ3v) is 4.15. The van der Waals surface area contributed by atoms with E-state index in [2.05, 4.69) is 10.1 Å². The van der Waals surface area contributed by atoms with Crippen LogP contribution in [0.3, 0.4) is 0 Å². The molecule has 0 aliphatic heterocycles. The molecular weight excluding hydrogens is 332 g/mol. The summed E-state index contributed by atoms with van der Waals surface area (Å²) in [5, 5.41) is 5.74. The first-order chi connectivity index (χ1) is 11.7. The molecule has 0 fully saturated rings. The van der Waals surface area contributed by atoms with Crippen molar-refractivity contribution in [3.05, 3.63) is 41.1 Å². The Morgan fingerprint density at radius 1 is 1.12 bits per heavy atom. The molecule has 0 amide bonds. The van der Waals surface area contributed by atoms with Gasteiger partial charge in [0.15, 0.2) is 11.5 Å². The SMILES string of the molecule is COc1cc(C(=O)c2nc(-c3cccs3)no2)cc(OC)c1OC. The van der Waals surface area contributed by atoms with Gasteiger partial charge >= 0.3 is 0 Å². The molecule has 0 aliphatic rings. The summed E-state index contributed by atoms with van der Waals surface area (Å²) >= 11 is 1.46. The highest BCUT2D eigenvalue weighted by Crippen LogP contribution is 2.38. The van der Waals surface area contributed by atoms with E-state index in [-0.39, 0.29) is 5.89 Å². The van der Waals surface area contributed by atoms with Gasteiger partial charge in [-0.2, -0.15) is 4.98 Å². The zero-order valence-corrected chi connectivity index (χ0v) is 14.0. The summed E-state index contributed by atoms with van der Waals surface area (Å²) in [6, 6.07) is 6.80. The van der Waals surface area contributed by atoms with Crippen molar-refractivity contribution >= 4 is 17.1 Å². The van der Waals surface area contributed by atoms with Gasteiger partial charge in [0.1, 0.15) is 0 Å². The van der Waals surface area contributed by atoms with E-state index in [1.165, 1.54) is 32.7 Å². The van der Waals surface area contributed by atoms with Crippen LogP contribution in [0.25, 0.3) is 10.7 Å². The first-order valence-electron chi connectivity index (χ1n) is 6.90. The Hall–Kier alpha value is -2.87. The fourth-order valence-electron chi connectivity index (χ4n) is 2.16. The molecule has 3 rings (SSSR count). The largest absolute Gasteiger partial charge is 0.493 e. The molecule has 0 saturated carbocycles. The number of thiophene rings is 1. The summed E-state index contributed by atoms with van der Waals surface area (Å²) < 4.78 is 20.8. The second-order valence-corrected chi connectivity index (χ2v) is 5.59. The molecule has 8 heteroatoms. The van der Waals surface area contributed by atoms with Gasteiger partial charge in [-0.1, -0.05) is 11.2 Å². The van der Waals surface area contributed by atoms with E-state index < -0.39 is 5.78 Å². The van der Waals surface area contributed by atoms with Gasteiger partial charge in [-0.05, 0) is 23.6 Å². The van der Waals surface area contributed by atoms with Crippen LogP contribution in [0.1, 0.15) is 16.2 Å². The minimum Gasteiger partial charge on any atom is -0.493 e. The molecule has 0 bridgehead atoms. The van der Waals surface area contributed by atoms with E-state index in [4.69, 9.17) is 18.7 Å². The highest BCUT2D eigenvalue weighted by Gasteiger charge is 2.22. The van der Waals surface area contributed by atoms with Crippen molar-refractivity contribution in [2.24, 2.45) is 0 Å². The summed E-state index contributed by atoms with van der Waals surface area (Å²) in [7, 11) is 4.45. The molecule has 0 radical (unpaired) electrons. The van der Waals surface area contributed by atoms with Crippen LogP contribution in [0.5, 0.6) is 17.2 Å². The average molecular weight is 346 g/mol. The monoisotopic (exact) mass is 346 g/mol. The third-order valence-electron chi connectivity index (χ3n) is 3.29. The summed E-state index contributed by atoms with van der Waals surface area (Å²) in [5.41, 5.74) is 0.297. The highest BCUT2D eigenvalue weighted by atomic mass is 32.1. The second-order valence-electron chi connectivity index (χ2n) is 4.64. The Labute approximate surface area is 141 Å². The molecule has 0 atom stereocenters. The molecule has 0 unspecified atom stereocenters. The summed E-state index contributed by atoms with van der Waals surface area (Å²) in [6.45, 7) is 0. The van der Waals surface area contributed by atoms with E-state index in [0.29, 0.717) is 28.6 Å². The van der Waals surface area contributed by atoms with Crippen LogP contribution in [0.2, 0.25) is 0 Å². The number of aromatic nitrogens is 2. The summed E-state index contributed by atoms with van der Waals surface area (Å²) in [5.74, 6) is 0.996. The number of carbonyl (C=O) groups excluding carboxylic acids is 1. The van der Waals surface area contributed by atoms with E-state index in [1.54, 1.807) is 12.1 Å². The van der Waals surface area contributed by atoms with Crippen molar-refractivity contribution < 1.29 is 23.5 Å². The molecule has 0 spiro atoms. The second kappa shape index (κ2) is 6.71. The maximum atomic E-state index is 12.6. The summed E-state index contributed by atoms with van der Waals surface area (Å²) in [4.78, 5) is 17.6. The van der Waals surface area contributed by atoms with Crippen LogP contribution in [-0.2, 0) is 0 Å². The lowest BCUT2D eigenvalue weighted by atomic mass is 10.1. The quantitative estimate of drug-likeness (QED) is 0.634. The molecule has 3 aromatic rings. The summed E-state index contributed by atoms with van der Waals surface area (Å²) in [6.07, 6.45) is 0. The molecule has 1 aromatic carbocycles. The van der Waals surface area contributed by atoms with Gasteiger partial charge in [-0.15, -0.1) is 11.3 Å². The Morgan fingerprint density at radius 2 is 1.83 bits per heavy atom. The van der Waals surface area contributed by atoms with Gasteiger partial charge in [0, 0.05) is 5.56 Å². The molecule has 0 N–H and O–H groups in total. The lowest BCUT2D eigenvalue weighted by Gasteiger charge is -2.12. The van der Waals surface area contributed by atoms with E-state index >= 15 is 0 Å². The fourth-order valence-corrected chi connectivity index (χ4v) is 2.81. The standard InChI is InChI=1S/C16H14N2O5S/c1-20-10-7-9(8-11(21-2)14(10)22-3)13(19)16-17-15(18-23-16)12-5-4-6-24-12/h4-8H,1-3H3. The van der Waals surface area contributed by atoms with E-state index in [0.717, 1.165) is 4.88 Å². The normalized spacial score (nSPS) is 10.5. The Balaban J connectivity index is 1.98. The third kappa shape index (κ3) is 2.83. The van der Waals surface area contributed by atoms with Crippen molar-refractivity contribution in [2.75, 3.05) is 21.3 Å². The highest BCUT2D eigenvalue weighted by molar-refractivity contribution is 7.13. The number of methoxy groups -OCH3 is 3. The zero-order chi connectivity index (χ0) is 17.1. The van der Waals surface area contributed by atoms with Crippen LogP contribution in [-0.4, -0.2) is 37.3 Å². The van der Waals surface area contributed by atoms with Gasteiger partial charge in [-0.25, -0.2) is 0 Å². The van der Waals surface area contributed by atoms with Crippen LogP contribution < -0.4 is 14.2 Å². The molecule has 7 nitrogen and oxygen atoms in total. The molecule has 24 heavy (non-hydrogen) atoms. The predicted octanol–water partition coefficient (Wildman–Crippen LogP) is 3.05. The fraction of sp³-hybridized carbons (Fsp3) is 0.188. The lowest BCUT2D eigenvalue weighted by Crippen LogP contribution is -2.04. The van der Waals surface area contributed by atoms with Crippen molar-refractivity contribution in [1.82, 2.24) is 10.1 Å². The molecular formula is C16H14N2O5S. The predicted molar refractivity (Wildman–Crippen MR) is 87.1 cm³/mol. The van der Waals surface area contributed by atoms with Crippen LogP contribution in [0, 0.1) is 0 Å². The van der Waals surface area contributed by atoms with E-state index in [9.17, 15) is 4.79 Å². The van der Waals surface area contributed by atoms with Crippen molar-refractivity contribution in [1.29, 1.82) is 0 Å². The lowest BCUT2D eigenvalue weighted by molar-refractivity contribution is 0.0993. The minimum atomic E-state index is -0.426. The van der Waals surface area contributed by atoms with Crippen LogP contribution >= 0.6 is 11.3 Å². The first kappa shape index (κ1) is 16.0. The molecule has 0 aliphatic carbocycles. The van der Waals surface area contributed by atoms with Crippen molar-refractivity contribution in [3.8, 4) is 28.0 Å². The Kier molecular flexibility index (Phi) is 4.48. The number of carbonyl (C=O) groups is 1. The van der Waals surface area contributed by atoms with Gasteiger partial charge < -0.3 is 18.7 Å². The molecule has 0 saturated heterocycles. The molecule has 2 heterocycles. The first-order valence-corrected chi connectivity index (χ1v) is 7.78. The van der Waals surface area contributed by atoms with Crippen LogP contribution in [0.4, 0.5) is 0 Å². The number of ether oxygens (including phenoxy) is 3. The van der Waals surface area contributed by atoms with Crippen molar-refractivity contribution in [2.45, 2.75) is 0 Å². The number of nitrogens with zero attached hydrogens (tertiary/aromatic N) is 2. The number of hydrogen-bond donors (Lipinski definition) is 0. The average Bonchev–Trinajstić information content (AvgIpc) is 3.30. The number of hydrogen-bond acceptors (Lipinski definition) is 8. The van der Waals surface area contributed by atoms with Gasteiger partial charge in [-0.3, -0.25) is 4.79 Å². The van der Waals surface area contributed by atoms with E-state index in [1.807, 2.05) is 17.5 Å². The maximum absolute atomic E-state index is 12.6.